The van der Waals surface area contributed by atoms with E-state index in [1.165, 1.54) is 16.8 Å². The van der Waals surface area contributed by atoms with Gasteiger partial charge in [0.1, 0.15) is 6.54 Å². The molecule has 0 unspecified atom stereocenters. The zero-order valence-electron chi connectivity index (χ0n) is 18.7. The molecule has 1 fully saturated rings. The van der Waals surface area contributed by atoms with E-state index < -0.39 is 18.2 Å². The van der Waals surface area contributed by atoms with Gasteiger partial charge in [-0.3, -0.25) is 9.69 Å². The van der Waals surface area contributed by atoms with Crippen LogP contribution in [0.15, 0.2) is 30.3 Å². The first-order chi connectivity index (χ1) is 16.0. The van der Waals surface area contributed by atoms with E-state index >= 15 is 0 Å². The summed E-state index contributed by atoms with van der Waals surface area (Å²) in [4.78, 5) is 20.9. The minimum Gasteiger partial charge on any atom is -0.339 e. The summed E-state index contributed by atoms with van der Waals surface area (Å²) >= 11 is 0. The van der Waals surface area contributed by atoms with Crippen LogP contribution in [0, 0.1) is 13.8 Å². The lowest BCUT2D eigenvalue weighted by atomic mass is 10.1. The molecular formula is C23H24F5N5O. The summed E-state index contributed by atoms with van der Waals surface area (Å²) in [5.41, 5.74) is 0.783. The van der Waals surface area contributed by atoms with Crippen molar-refractivity contribution in [3.63, 3.8) is 0 Å². The van der Waals surface area contributed by atoms with Gasteiger partial charge < -0.3 is 4.90 Å². The van der Waals surface area contributed by atoms with Gasteiger partial charge in [-0.15, -0.1) is 0 Å². The van der Waals surface area contributed by atoms with Crippen LogP contribution in [0.1, 0.15) is 34.5 Å². The number of halogens is 5. The van der Waals surface area contributed by atoms with Crippen molar-refractivity contribution in [3.8, 4) is 0 Å². The Morgan fingerprint density at radius 1 is 1.09 bits per heavy atom. The number of piperazine rings is 1. The Morgan fingerprint density at radius 3 is 2.44 bits per heavy atom. The normalized spacial score (nSPS) is 15.5. The van der Waals surface area contributed by atoms with Gasteiger partial charge >= 0.3 is 6.18 Å². The average molecular weight is 481 g/mol. The molecule has 182 valence electrons. The van der Waals surface area contributed by atoms with Crippen molar-refractivity contribution in [1.82, 2.24) is 24.6 Å². The predicted octanol–water partition coefficient (Wildman–Crippen LogP) is 4.35. The van der Waals surface area contributed by atoms with Crippen LogP contribution in [-0.2, 0) is 24.1 Å². The number of aryl methyl sites for hydroxylation is 2. The van der Waals surface area contributed by atoms with Crippen molar-refractivity contribution in [2.45, 2.75) is 39.5 Å². The maximum Gasteiger partial charge on any atom is 0.416 e. The fourth-order valence-electron chi connectivity index (χ4n) is 4.29. The number of carbonyl (C=O) groups is 1. The van der Waals surface area contributed by atoms with Crippen LogP contribution >= 0.6 is 0 Å². The predicted molar refractivity (Wildman–Crippen MR) is 115 cm³/mol. The van der Waals surface area contributed by atoms with Gasteiger partial charge in [-0.25, -0.2) is 18.4 Å². The minimum atomic E-state index is -4.39. The quantitative estimate of drug-likeness (QED) is 0.509. The maximum atomic E-state index is 13.5. The largest absolute Gasteiger partial charge is 0.416 e. The summed E-state index contributed by atoms with van der Waals surface area (Å²) in [6.45, 7) is 5.28. The summed E-state index contributed by atoms with van der Waals surface area (Å²) in [6, 6.07) is 6.56. The van der Waals surface area contributed by atoms with Crippen molar-refractivity contribution in [2.75, 3.05) is 26.2 Å². The standard InChI is InChI=1S/C23H24F5N5O/c1-14-10-18(21(24)25)20-15(2)30-33(22(20)29-14)13-19(34)32-8-6-31(7-9-32)12-16-4-3-5-17(11-16)23(26,27)28/h3-5,10-11,21H,6-9,12-13H2,1-2H3. The Balaban J connectivity index is 1.41. The van der Waals surface area contributed by atoms with Crippen LogP contribution in [0.25, 0.3) is 11.0 Å². The molecule has 0 N–H and O–H groups in total. The van der Waals surface area contributed by atoms with Gasteiger partial charge in [0.2, 0.25) is 5.91 Å². The number of rotatable bonds is 5. The molecule has 1 aliphatic rings. The van der Waals surface area contributed by atoms with Gasteiger partial charge in [-0.2, -0.15) is 18.3 Å². The van der Waals surface area contributed by atoms with E-state index in [-0.39, 0.29) is 29.0 Å². The van der Waals surface area contributed by atoms with Crippen LogP contribution in [0.4, 0.5) is 22.0 Å². The fourth-order valence-corrected chi connectivity index (χ4v) is 4.29. The van der Waals surface area contributed by atoms with Gasteiger partial charge in [-0.05, 0) is 31.5 Å². The first-order valence-electron chi connectivity index (χ1n) is 10.8. The third-order valence-electron chi connectivity index (χ3n) is 5.94. The number of aromatic nitrogens is 3. The molecule has 11 heteroatoms. The molecule has 1 amide bonds. The topological polar surface area (TPSA) is 54.3 Å². The molecule has 0 atom stereocenters. The molecule has 1 aliphatic heterocycles. The lowest BCUT2D eigenvalue weighted by Gasteiger charge is -2.34. The van der Waals surface area contributed by atoms with E-state index in [4.69, 9.17) is 0 Å². The van der Waals surface area contributed by atoms with E-state index in [1.54, 1.807) is 24.8 Å². The Kier molecular flexibility index (Phi) is 6.57. The molecule has 0 bridgehead atoms. The molecule has 0 aliphatic carbocycles. The fraction of sp³-hybridized carbons (Fsp3) is 0.435. The highest BCUT2D eigenvalue weighted by Crippen LogP contribution is 2.31. The first kappa shape index (κ1) is 24.1. The van der Waals surface area contributed by atoms with Gasteiger partial charge in [-0.1, -0.05) is 18.2 Å². The molecule has 4 rings (SSSR count). The number of nitrogens with zero attached hydrogens (tertiary/aromatic N) is 5. The van der Waals surface area contributed by atoms with Crippen LogP contribution in [0.2, 0.25) is 0 Å². The number of pyridine rings is 1. The number of fused-ring (bicyclic) bond motifs is 1. The van der Waals surface area contributed by atoms with Gasteiger partial charge in [0.05, 0.1) is 16.6 Å². The molecule has 34 heavy (non-hydrogen) atoms. The Labute approximate surface area is 193 Å². The highest BCUT2D eigenvalue weighted by Gasteiger charge is 2.31. The van der Waals surface area contributed by atoms with Crippen molar-refractivity contribution < 1.29 is 26.7 Å². The van der Waals surface area contributed by atoms with Crippen molar-refractivity contribution >= 4 is 16.9 Å². The zero-order chi connectivity index (χ0) is 24.6. The summed E-state index contributed by atoms with van der Waals surface area (Å²) in [7, 11) is 0. The highest BCUT2D eigenvalue weighted by atomic mass is 19.4. The molecule has 2 aromatic heterocycles. The SMILES string of the molecule is Cc1cc(C(F)F)c2c(C)nn(CC(=O)N3CCN(Cc4cccc(C(F)(F)F)c4)CC3)c2n1. The summed E-state index contributed by atoms with van der Waals surface area (Å²) in [6.07, 6.45) is -7.07. The number of hydrogen-bond acceptors (Lipinski definition) is 4. The molecule has 0 saturated carbocycles. The molecule has 0 radical (unpaired) electrons. The molecule has 3 aromatic rings. The molecule has 6 nitrogen and oxygen atoms in total. The summed E-state index contributed by atoms with van der Waals surface area (Å²) in [5.74, 6) is -0.218. The van der Waals surface area contributed by atoms with Gasteiger partial charge in [0, 0.05) is 44.0 Å². The van der Waals surface area contributed by atoms with Gasteiger partial charge in [0.15, 0.2) is 5.65 Å². The molecule has 0 spiro atoms. The number of carbonyl (C=O) groups excluding carboxylic acids is 1. The molecule has 1 aromatic carbocycles. The second-order valence-electron chi connectivity index (χ2n) is 8.45. The van der Waals surface area contributed by atoms with Crippen LogP contribution < -0.4 is 0 Å². The Bertz CT molecular complexity index is 1200. The number of alkyl halides is 5. The summed E-state index contributed by atoms with van der Waals surface area (Å²) < 4.78 is 67.2. The number of amides is 1. The van der Waals surface area contributed by atoms with Crippen molar-refractivity contribution in [1.29, 1.82) is 0 Å². The first-order valence-corrected chi connectivity index (χ1v) is 10.8. The van der Waals surface area contributed by atoms with E-state index in [0.29, 0.717) is 49.7 Å². The van der Waals surface area contributed by atoms with Crippen molar-refractivity contribution in [3.05, 3.63) is 58.4 Å². The molecule has 1 saturated heterocycles. The minimum absolute atomic E-state index is 0.128. The van der Waals surface area contributed by atoms with E-state index in [9.17, 15) is 26.7 Å². The molecule has 3 heterocycles. The lowest BCUT2D eigenvalue weighted by molar-refractivity contribution is -0.137. The van der Waals surface area contributed by atoms with Crippen molar-refractivity contribution in [2.24, 2.45) is 0 Å². The number of benzene rings is 1. The smallest absolute Gasteiger partial charge is 0.339 e. The summed E-state index contributed by atoms with van der Waals surface area (Å²) in [5, 5.41) is 4.54. The monoisotopic (exact) mass is 481 g/mol. The second kappa shape index (κ2) is 9.28. The average Bonchev–Trinajstić information content (AvgIpc) is 3.08. The zero-order valence-corrected chi connectivity index (χ0v) is 18.7. The maximum absolute atomic E-state index is 13.5. The van der Waals surface area contributed by atoms with Crippen LogP contribution in [0.3, 0.4) is 0 Å². The van der Waals surface area contributed by atoms with Crippen LogP contribution in [0.5, 0.6) is 0 Å². The number of hydrogen-bond donors (Lipinski definition) is 0. The third-order valence-corrected chi connectivity index (χ3v) is 5.94. The van der Waals surface area contributed by atoms with E-state index in [1.807, 2.05) is 4.90 Å². The Morgan fingerprint density at radius 2 is 1.79 bits per heavy atom. The third kappa shape index (κ3) is 5.03. The van der Waals surface area contributed by atoms with E-state index in [0.717, 1.165) is 12.1 Å². The van der Waals surface area contributed by atoms with Crippen LogP contribution in [-0.4, -0.2) is 56.7 Å². The Hall–Kier alpha value is -3.08. The second-order valence-corrected chi connectivity index (χ2v) is 8.45. The molecular weight excluding hydrogens is 457 g/mol. The van der Waals surface area contributed by atoms with E-state index in [2.05, 4.69) is 10.1 Å². The highest BCUT2D eigenvalue weighted by molar-refractivity contribution is 5.84. The van der Waals surface area contributed by atoms with Gasteiger partial charge in [0.25, 0.3) is 6.43 Å². The lowest BCUT2D eigenvalue weighted by Crippen LogP contribution is -2.49.